The van der Waals surface area contributed by atoms with Crippen LogP contribution in [0.15, 0.2) is 76.5 Å². The fourth-order valence-corrected chi connectivity index (χ4v) is 11.5. The number of phosphoric ester groups is 2. The van der Waals surface area contributed by atoms with Crippen molar-refractivity contribution in [1.29, 1.82) is 0 Å². The molecule has 0 aliphatic carbocycles. The van der Waals surface area contributed by atoms with Crippen molar-refractivity contribution in [2.45, 2.75) is 181 Å². The first-order chi connectivity index (χ1) is 33.5. The predicted molar refractivity (Wildman–Crippen MR) is 265 cm³/mol. The number of aromatic amines is 1. The average molecular weight is 1040 g/mol. The van der Waals surface area contributed by atoms with E-state index in [1.54, 1.807) is 24.3 Å². The molecule has 0 saturated heterocycles. The van der Waals surface area contributed by atoms with E-state index in [1.807, 2.05) is 0 Å². The number of nitrogens with zero attached hydrogens (tertiary/aromatic N) is 1. The molecule has 0 amide bonds. The SMILES string of the molecule is CCCCCCCCCCCCCCCCCC(=O)c1ccc(COP(=O)(OCc2ccc(OC(=O)CCCCCC)cc2)OP(=O)(O)OP(=O)(O)OC[C@@H]2C=C[C@H](n3cc(C)c(=O)[nH]c3=O)O2)cc1. The van der Waals surface area contributed by atoms with Crippen LogP contribution in [-0.4, -0.2) is 43.8 Å². The molecule has 2 aromatic carbocycles. The Morgan fingerprint density at radius 2 is 1.14 bits per heavy atom. The van der Waals surface area contributed by atoms with Crippen molar-refractivity contribution in [1.82, 2.24) is 9.55 Å². The molecule has 70 heavy (non-hydrogen) atoms. The minimum Gasteiger partial charge on any atom is -0.427 e. The van der Waals surface area contributed by atoms with Crippen LogP contribution in [0.3, 0.4) is 0 Å². The number of ketones is 1. The number of aromatic nitrogens is 2. The average Bonchev–Trinajstić information content (AvgIpc) is 3.80. The Morgan fingerprint density at radius 3 is 1.70 bits per heavy atom. The molecule has 0 spiro atoms. The number of nitrogens with one attached hydrogen (secondary N) is 1. The third-order valence-electron chi connectivity index (χ3n) is 11.5. The second kappa shape index (κ2) is 31.1. The molecule has 0 fully saturated rings. The molecule has 5 atom stereocenters. The highest BCUT2D eigenvalue weighted by atomic mass is 31.3. The van der Waals surface area contributed by atoms with Gasteiger partial charge in [0, 0.05) is 30.2 Å². The van der Waals surface area contributed by atoms with Gasteiger partial charge in [-0.2, -0.15) is 8.62 Å². The summed E-state index contributed by atoms with van der Waals surface area (Å²) >= 11 is 0. The number of Topliss-reactive ketones (excluding diaryl/α,β-unsaturated/α-hetero) is 1. The van der Waals surface area contributed by atoms with Gasteiger partial charge in [0.15, 0.2) is 12.0 Å². The summed E-state index contributed by atoms with van der Waals surface area (Å²) in [6, 6.07) is 12.2. The van der Waals surface area contributed by atoms with E-state index >= 15 is 0 Å². The van der Waals surface area contributed by atoms with Crippen LogP contribution >= 0.6 is 23.5 Å². The van der Waals surface area contributed by atoms with E-state index in [4.69, 9.17) is 27.4 Å². The molecular formula is C49H73N2O16P3. The van der Waals surface area contributed by atoms with E-state index in [0.717, 1.165) is 49.5 Å². The van der Waals surface area contributed by atoms with Crippen molar-refractivity contribution in [2.75, 3.05) is 6.61 Å². The van der Waals surface area contributed by atoms with E-state index in [1.165, 1.54) is 120 Å². The van der Waals surface area contributed by atoms with Gasteiger partial charge in [0.2, 0.25) is 0 Å². The van der Waals surface area contributed by atoms with Crippen molar-refractivity contribution in [3.05, 3.63) is 110 Å². The minimum absolute atomic E-state index is 0.0315. The zero-order valence-corrected chi connectivity index (χ0v) is 43.6. The molecule has 3 aromatic rings. The van der Waals surface area contributed by atoms with Gasteiger partial charge in [-0.25, -0.2) is 18.5 Å². The van der Waals surface area contributed by atoms with Crippen molar-refractivity contribution in [3.8, 4) is 5.75 Å². The van der Waals surface area contributed by atoms with Gasteiger partial charge in [-0.3, -0.25) is 37.5 Å². The Hall–Kier alpha value is -3.63. The lowest BCUT2D eigenvalue weighted by Crippen LogP contribution is -2.33. The molecule has 0 saturated carbocycles. The molecule has 4 rings (SSSR count). The van der Waals surface area contributed by atoms with Gasteiger partial charge < -0.3 is 19.3 Å². The van der Waals surface area contributed by atoms with Crippen molar-refractivity contribution >= 4 is 35.2 Å². The number of carbonyl (C=O) groups excluding carboxylic acids is 2. The highest BCUT2D eigenvalue weighted by Gasteiger charge is 2.44. The molecule has 1 aliphatic heterocycles. The van der Waals surface area contributed by atoms with Gasteiger partial charge >= 0.3 is 35.1 Å². The van der Waals surface area contributed by atoms with E-state index in [2.05, 4.69) is 23.1 Å². The number of hydrogen-bond acceptors (Lipinski definition) is 14. The third-order valence-corrected chi connectivity index (χ3v) is 16.1. The Bertz CT molecular complexity index is 2350. The van der Waals surface area contributed by atoms with Crippen LogP contribution in [0.1, 0.15) is 182 Å². The second-order valence-corrected chi connectivity index (χ2v) is 22.4. The normalized spacial score (nSPS) is 17.2. The Kier molecular flexibility index (Phi) is 26.2. The number of benzene rings is 2. The van der Waals surface area contributed by atoms with Crippen LogP contribution in [-0.2, 0) is 58.6 Å². The Morgan fingerprint density at radius 1 is 0.643 bits per heavy atom. The molecule has 21 heteroatoms. The van der Waals surface area contributed by atoms with Crippen LogP contribution in [0.4, 0.5) is 0 Å². The molecule has 0 radical (unpaired) electrons. The summed E-state index contributed by atoms with van der Waals surface area (Å²) in [6.07, 6.45) is 24.7. The zero-order chi connectivity index (χ0) is 50.8. The van der Waals surface area contributed by atoms with Crippen LogP contribution in [0, 0.1) is 6.92 Å². The summed E-state index contributed by atoms with van der Waals surface area (Å²) in [7, 11) is -16.4. The summed E-state index contributed by atoms with van der Waals surface area (Å²) < 4.78 is 77.3. The minimum atomic E-state index is -5.80. The van der Waals surface area contributed by atoms with Gasteiger partial charge in [0.1, 0.15) is 11.9 Å². The topological polar surface area (TPSA) is 245 Å². The van der Waals surface area contributed by atoms with E-state index < -0.39 is 72.8 Å². The Balaban J connectivity index is 1.29. The first-order valence-corrected chi connectivity index (χ1v) is 29.1. The predicted octanol–water partition coefficient (Wildman–Crippen LogP) is 12.4. The lowest BCUT2D eigenvalue weighted by molar-refractivity contribution is -0.134. The van der Waals surface area contributed by atoms with Crippen LogP contribution in [0.5, 0.6) is 5.75 Å². The molecule has 1 aliphatic rings. The summed E-state index contributed by atoms with van der Waals surface area (Å²) in [5.74, 6) is -0.184. The Labute approximate surface area is 411 Å². The fraction of sp³-hybridized carbons (Fsp3) is 0.592. The van der Waals surface area contributed by atoms with E-state index in [0.29, 0.717) is 29.5 Å². The number of carbonyl (C=O) groups is 2. The van der Waals surface area contributed by atoms with Crippen molar-refractivity contribution in [2.24, 2.45) is 0 Å². The highest BCUT2D eigenvalue weighted by Crippen LogP contribution is 2.69. The summed E-state index contributed by atoms with van der Waals surface area (Å²) in [4.78, 5) is 72.4. The summed E-state index contributed by atoms with van der Waals surface area (Å²) in [5.41, 5.74) is 0.0678. The number of H-pyrrole nitrogens is 1. The van der Waals surface area contributed by atoms with Gasteiger partial charge in [0.05, 0.1) is 19.8 Å². The maximum Gasteiger partial charge on any atom is 0.490 e. The number of esters is 1. The number of phosphoric acid groups is 3. The number of hydrogen-bond donors (Lipinski definition) is 3. The lowest BCUT2D eigenvalue weighted by atomic mass is 10.0. The first kappa shape index (κ1) is 58.9. The van der Waals surface area contributed by atoms with Crippen LogP contribution < -0.4 is 16.0 Å². The zero-order valence-electron chi connectivity index (χ0n) is 40.9. The number of rotatable bonds is 37. The second-order valence-electron chi connectivity index (χ2n) is 17.6. The number of unbranched alkanes of at least 4 members (excludes halogenated alkanes) is 17. The van der Waals surface area contributed by atoms with Gasteiger partial charge in [-0.15, -0.1) is 0 Å². The quantitative estimate of drug-likeness (QED) is 0.0121. The van der Waals surface area contributed by atoms with Gasteiger partial charge in [0.25, 0.3) is 5.56 Å². The van der Waals surface area contributed by atoms with Crippen molar-refractivity contribution in [3.63, 3.8) is 0 Å². The van der Waals surface area contributed by atoms with Gasteiger partial charge in [-0.1, -0.05) is 165 Å². The van der Waals surface area contributed by atoms with E-state index in [9.17, 15) is 42.7 Å². The van der Waals surface area contributed by atoms with Crippen LogP contribution in [0.2, 0.25) is 0 Å². The third kappa shape index (κ3) is 22.8. The highest BCUT2D eigenvalue weighted by molar-refractivity contribution is 7.67. The molecule has 3 N–H and O–H groups in total. The largest absolute Gasteiger partial charge is 0.490 e. The lowest BCUT2D eigenvalue weighted by Gasteiger charge is -2.22. The molecular weight excluding hydrogens is 965 g/mol. The smallest absolute Gasteiger partial charge is 0.427 e. The van der Waals surface area contributed by atoms with E-state index in [-0.39, 0.29) is 23.5 Å². The first-order valence-electron chi connectivity index (χ1n) is 24.7. The van der Waals surface area contributed by atoms with Crippen molar-refractivity contribution < 1.29 is 64.7 Å². The number of ether oxygens (including phenoxy) is 2. The summed E-state index contributed by atoms with van der Waals surface area (Å²) in [5, 5.41) is 0. The molecule has 0 bridgehead atoms. The van der Waals surface area contributed by atoms with Crippen LogP contribution in [0.25, 0.3) is 0 Å². The fourth-order valence-electron chi connectivity index (χ4n) is 7.49. The standard InChI is InChI=1S/C49H73N2O16P3/c1-4-6-8-10-11-12-13-14-15-16-17-18-19-20-21-23-45(52)42-29-25-40(26-30-42)36-62-70(60,63-37-41-27-31-43(32-28-41)65-47(53)24-22-9-7-5-2)67-69(58,59)66-68(56,57)61-38-44-33-34-46(64-44)51-35-39(3)48(54)50-49(51)55/h25-35,44,46H,4-24,36-38H2,1-3H3,(H,56,57)(H,58,59)(H,50,54,55)/t44-,46+,70?/m0/s1. The van der Waals surface area contributed by atoms with Gasteiger partial charge in [-0.05, 0) is 49.1 Å². The maximum atomic E-state index is 14.0. The monoisotopic (exact) mass is 1040 g/mol. The molecule has 18 nitrogen and oxygen atoms in total. The maximum absolute atomic E-state index is 14.0. The molecule has 3 unspecified atom stereocenters. The molecule has 390 valence electrons. The molecule has 2 heterocycles. The molecule has 1 aromatic heterocycles. The number of aryl methyl sites for hydroxylation is 1. The summed E-state index contributed by atoms with van der Waals surface area (Å²) in [6.45, 7) is 4.02.